The number of piperidine rings is 1. The highest BCUT2D eigenvalue weighted by atomic mass is 16.4. The SMILES string of the molecule is O=C(O)N1CCC2(CC2)CC1c1ccccc1. The molecule has 3 rings (SSSR count). The number of hydrogen-bond donors (Lipinski definition) is 1. The lowest BCUT2D eigenvalue weighted by atomic mass is 9.85. The molecule has 1 heterocycles. The van der Waals surface area contributed by atoms with Gasteiger partial charge in [-0.1, -0.05) is 30.3 Å². The maximum absolute atomic E-state index is 11.3. The smallest absolute Gasteiger partial charge is 0.407 e. The van der Waals surface area contributed by atoms with Gasteiger partial charge in [-0.15, -0.1) is 0 Å². The third-order valence-electron chi connectivity index (χ3n) is 4.27. The number of benzene rings is 1. The molecule has 1 amide bonds. The third-order valence-corrected chi connectivity index (χ3v) is 4.27. The van der Waals surface area contributed by atoms with E-state index in [0.29, 0.717) is 12.0 Å². The van der Waals surface area contributed by atoms with Crippen LogP contribution in [0.3, 0.4) is 0 Å². The number of carbonyl (C=O) groups is 1. The first kappa shape index (κ1) is 10.6. The molecule has 1 N–H and O–H groups in total. The summed E-state index contributed by atoms with van der Waals surface area (Å²) in [4.78, 5) is 12.9. The van der Waals surface area contributed by atoms with Crippen LogP contribution < -0.4 is 0 Å². The van der Waals surface area contributed by atoms with Crippen molar-refractivity contribution in [1.29, 1.82) is 0 Å². The molecule has 1 unspecified atom stereocenters. The molecular weight excluding hydrogens is 214 g/mol. The van der Waals surface area contributed by atoms with Gasteiger partial charge >= 0.3 is 6.09 Å². The first-order valence-corrected chi connectivity index (χ1v) is 6.25. The van der Waals surface area contributed by atoms with Crippen LogP contribution in [0.5, 0.6) is 0 Å². The molecule has 1 spiro atoms. The van der Waals surface area contributed by atoms with Crippen molar-refractivity contribution in [3.05, 3.63) is 35.9 Å². The Labute approximate surface area is 101 Å². The molecule has 3 heteroatoms. The van der Waals surface area contributed by atoms with Crippen LogP contribution in [0.4, 0.5) is 4.79 Å². The second-order valence-corrected chi connectivity index (χ2v) is 5.36. The summed E-state index contributed by atoms with van der Waals surface area (Å²) in [6.07, 6.45) is 3.83. The number of hydrogen-bond acceptors (Lipinski definition) is 1. The van der Waals surface area contributed by atoms with Gasteiger partial charge in [0.25, 0.3) is 0 Å². The summed E-state index contributed by atoms with van der Waals surface area (Å²) < 4.78 is 0. The molecule has 1 aliphatic carbocycles. The quantitative estimate of drug-likeness (QED) is 0.805. The van der Waals surface area contributed by atoms with E-state index in [2.05, 4.69) is 0 Å². The summed E-state index contributed by atoms with van der Waals surface area (Å²) in [7, 11) is 0. The van der Waals surface area contributed by atoms with Gasteiger partial charge in [0, 0.05) is 6.54 Å². The number of carboxylic acid groups (broad SMARTS) is 1. The maximum atomic E-state index is 11.3. The molecule has 0 bridgehead atoms. The molecule has 0 radical (unpaired) electrons. The molecule has 1 atom stereocenters. The fourth-order valence-electron chi connectivity index (χ4n) is 2.97. The zero-order valence-electron chi connectivity index (χ0n) is 9.80. The molecular formula is C14H17NO2. The van der Waals surface area contributed by atoms with Crippen molar-refractivity contribution in [3.63, 3.8) is 0 Å². The molecule has 17 heavy (non-hydrogen) atoms. The number of amides is 1. The Morgan fingerprint density at radius 1 is 1.24 bits per heavy atom. The van der Waals surface area contributed by atoms with Gasteiger partial charge in [-0.25, -0.2) is 4.79 Å². The summed E-state index contributed by atoms with van der Waals surface area (Å²) in [5.74, 6) is 0. The molecule has 1 saturated carbocycles. The Kier molecular flexibility index (Phi) is 2.35. The highest BCUT2D eigenvalue weighted by Gasteiger charge is 2.49. The lowest BCUT2D eigenvalue weighted by molar-refractivity contribution is 0.0839. The van der Waals surface area contributed by atoms with Crippen LogP contribution in [0.1, 0.15) is 37.3 Å². The molecule has 1 aromatic carbocycles. The largest absolute Gasteiger partial charge is 0.465 e. The van der Waals surface area contributed by atoms with Crippen molar-refractivity contribution in [2.45, 2.75) is 31.7 Å². The van der Waals surface area contributed by atoms with Gasteiger partial charge < -0.3 is 10.0 Å². The van der Waals surface area contributed by atoms with Crippen molar-refractivity contribution < 1.29 is 9.90 Å². The van der Waals surface area contributed by atoms with E-state index in [1.165, 1.54) is 12.8 Å². The van der Waals surface area contributed by atoms with Crippen molar-refractivity contribution in [3.8, 4) is 0 Å². The molecule has 2 fully saturated rings. The van der Waals surface area contributed by atoms with Gasteiger partial charge in [0.2, 0.25) is 0 Å². The van der Waals surface area contributed by atoms with E-state index in [9.17, 15) is 9.90 Å². The monoisotopic (exact) mass is 231 g/mol. The van der Waals surface area contributed by atoms with Gasteiger partial charge in [-0.3, -0.25) is 0 Å². The lowest BCUT2D eigenvalue weighted by Gasteiger charge is -2.38. The fraction of sp³-hybridized carbons (Fsp3) is 0.500. The topological polar surface area (TPSA) is 40.5 Å². The van der Waals surface area contributed by atoms with Crippen LogP contribution in [0.15, 0.2) is 30.3 Å². The van der Waals surface area contributed by atoms with E-state index in [-0.39, 0.29) is 6.04 Å². The molecule has 0 aromatic heterocycles. The van der Waals surface area contributed by atoms with E-state index in [0.717, 1.165) is 18.4 Å². The summed E-state index contributed by atoms with van der Waals surface area (Å²) in [5.41, 5.74) is 1.60. The minimum Gasteiger partial charge on any atom is -0.465 e. The normalized spacial score (nSPS) is 25.9. The van der Waals surface area contributed by atoms with E-state index >= 15 is 0 Å². The van der Waals surface area contributed by atoms with Crippen molar-refractivity contribution in [2.75, 3.05) is 6.54 Å². The first-order valence-electron chi connectivity index (χ1n) is 6.25. The van der Waals surface area contributed by atoms with E-state index < -0.39 is 6.09 Å². The van der Waals surface area contributed by atoms with Crippen LogP contribution >= 0.6 is 0 Å². The average Bonchev–Trinajstić information content (AvgIpc) is 3.09. The predicted octanol–water partition coefficient (Wildman–Crippen LogP) is 3.28. The van der Waals surface area contributed by atoms with Crippen molar-refractivity contribution in [1.82, 2.24) is 4.90 Å². The average molecular weight is 231 g/mol. The predicted molar refractivity (Wildman–Crippen MR) is 64.8 cm³/mol. The summed E-state index contributed by atoms with van der Waals surface area (Å²) in [5, 5.41) is 9.29. The van der Waals surface area contributed by atoms with Crippen LogP contribution in [-0.2, 0) is 0 Å². The molecule has 90 valence electrons. The molecule has 1 aliphatic heterocycles. The Hall–Kier alpha value is -1.51. The Morgan fingerprint density at radius 3 is 2.53 bits per heavy atom. The molecule has 1 aromatic rings. The van der Waals surface area contributed by atoms with E-state index in [1.807, 2.05) is 30.3 Å². The van der Waals surface area contributed by atoms with Crippen LogP contribution in [0.25, 0.3) is 0 Å². The molecule has 3 nitrogen and oxygen atoms in total. The van der Waals surface area contributed by atoms with Gasteiger partial charge in [0.15, 0.2) is 0 Å². The molecule has 1 saturated heterocycles. The second kappa shape index (κ2) is 3.76. The second-order valence-electron chi connectivity index (χ2n) is 5.36. The van der Waals surface area contributed by atoms with E-state index in [4.69, 9.17) is 0 Å². The summed E-state index contributed by atoms with van der Waals surface area (Å²) in [6, 6.07) is 10.1. The van der Waals surface area contributed by atoms with Crippen LogP contribution in [0.2, 0.25) is 0 Å². The third kappa shape index (κ3) is 1.90. The highest BCUT2D eigenvalue weighted by molar-refractivity contribution is 5.66. The van der Waals surface area contributed by atoms with Crippen LogP contribution in [0, 0.1) is 5.41 Å². The zero-order valence-corrected chi connectivity index (χ0v) is 9.80. The summed E-state index contributed by atoms with van der Waals surface area (Å²) >= 11 is 0. The van der Waals surface area contributed by atoms with Gasteiger partial charge in [-0.2, -0.15) is 0 Å². The zero-order chi connectivity index (χ0) is 11.9. The van der Waals surface area contributed by atoms with Gasteiger partial charge in [0.1, 0.15) is 0 Å². The maximum Gasteiger partial charge on any atom is 0.407 e. The van der Waals surface area contributed by atoms with Gasteiger partial charge in [0.05, 0.1) is 6.04 Å². The Balaban J connectivity index is 1.89. The minimum absolute atomic E-state index is 0.0601. The van der Waals surface area contributed by atoms with Crippen molar-refractivity contribution >= 4 is 6.09 Å². The minimum atomic E-state index is -0.783. The van der Waals surface area contributed by atoms with E-state index in [1.54, 1.807) is 4.90 Å². The Bertz CT molecular complexity index is 425. The number of rotatable bonds is 1. The highest BCUT2D eigenvalue weighted by Crippen LogP contribution is 2.58. The first-order chi connectivity index (χ1) is 8.20. The van der Waals surface area contributed by atoms with Gasteiger partial charge in [-0.05, 0) is 36.7 Å². The number of likely N-dealkylation sites (tertiary alicyclic amines) is 1. The summed E-state index contributed by atoms with van der Waals surface area (Å²) in [6.45, 7) is 0.689. The van der Waals surface area contributed by atoms with Crippen molar-refractivity contribution in [2.24, 2.45) is 5.41 Å². The number of nitrogens with zero attached hydrogens (tertiary/aromatic N) is 1. The standard InChI is InChI=1S/C14H17NO2/c16-13(17)15-9-8-14(6-7-14)10-12(15)11-4-2-1-3-5-11/h1-5,12H,6-10H2,(H,16,17). The lowest BCUT2D eigenvalue weighted by Crippen LogP contribution is -2.40. The molecule has 2 aliphatic rings. The van der Waals surface area contributed by atoms with Crippen LogP contribution in [-0.4, -0.2) is 22.6 Å². The fourth-order valence-corrected chi connectivity index (χ4v) is 2.97. The Morgan fingerprint density at radius 2 is 1.94 bits per heavy atom.